The smallest absolute Gasteiger partial charge is 0.261 e. The van der Waals surface area contributed by atoms with Gasteiger partial charge in [-0.1, -0.05) is 12.1 Å². The van der Waals surface area contributed by atoms with Gasteiger partial charge in [0.1, 0.15) is 5.82 Å². The number of hydrogen-bond acceptors (Lipinski definition) is 4. The molecule has 2 N–H and O–H groups in total. The van der Waals surface area contributed by atoms with Crippen LogP contribution in [0.4, 0.5) is 10.1 Å². The lowest BCUT2D eigenvalue weighted by molar-refractivity contribution is 0.0941. The number of aromatic nitrogens is 1. The van der Waals surface area contributed by atoms with Gasteiger partial charge in [0.05, 0.1) is 22.2 Å². The molecule has 1 aromatic heterocycles. The molecule has 3 rings (SSSR count). The third-order valence-electron chi connectivity index (χ3n) is 4.09. The average molecular weight is 399 g/mol. The standard InChI is InChI=1S/C20H18FN3O3S/c1-14(15-10-12-22-13-11-15)23-20(25)18-4-2-3-5-19(18)24-28(26,27)17-8-6-16(21)7-9-17/h2-14,24H,1H3,(H,23,25)/t14-/m0/s1. The molecule has 1 heterocycles. The molecule has 28 heavy (non-hydrogen) atoms. The van der Waals surface area contributed by atoms with E-state index in [9.17, 15) is 17.6 Å². The number of amides is 1. The molecule has 2 aromatic carbocycles. The van der Waals surface area contributed by atoms with Crippen molar-refractivity contribution < 1.29 is 17.6 Å². The number of anilines is 1. The molecule has 6 nitrogen and oxygen atoms in total. The summed E-state index contributed by atoms with van der Waals surface area (Å²) in [7, 11) is -3.97. The summed E-state index contributed by atoms with van der Waals surface area (Å²) >= 11 is 0. The molecule has 8 heteroatoms. The number of carbonyl (C=O) groups is 1. The molecular weight excluding hydrogens is 381 g/mol. The maximum absolute atomic E-state index is 13.1. The molecule has 0 saturated heterocycles. The number of rotatable bonds is 6. The summed E-state index contributed by atoms with van der Waals surface area (Å²) in [6.45, 7) is 1.82. The molecule has 0 bridgehead atoms. The molecule has 144 valence electrons. The lowest BCUT2D eigenvalue weighted by Crippen LogP contribution is -2.28. The van der Waals surface area contributed by atoms with Crippen LogP contribution in [0.3, 0.4) is 0 Å². The van der Waals surface area contributed by atoms with Crippen LogP contribution < -0.4 is 10.0 Å². The highest BCUT2D eigenvalue weighted by Crippen LogP contribution is 2.21. The molecule has 3 aromatic rings. The highest BCUT2D eigenvalue weighted by atomic mass is 32.2. The van der Waals surface area contributed by atoms with Crippen LogP contribution in [0.25, 0.3) is 0 Å². The van der Waals surface area contributed by atoms with Crippen molar-refractivity contribution in [2.45, 2.75) is 17.9 Å². The van der Waals surface area contributed by atoms with Gasteiger partial charge in [-0.3, -0.25) is 14.5 Å². The van der Waals surface area contributed by atoms with Crippen molar-refractivity contribution in [2.24, 2.45) is 0 Å². The number of para-hydroxylation sites is 1. The number of sulfonamides is 1. The summed E-state index contributed by atoms with van der Waals surface area (Å²) in [4.78, 5) is 16.5. The average Bonchev–Trinajstić information content (AvgIpc) is 2.69. The Morgan fingerprint density at radius 2 is 1.64 bits per heavy atom. The van der Waals surface area contributed by atoms with Crippen molar-refractivity contribution in [3.8, 4) is 0 Å². The Morgan fingerprint density at radius 1 is 1.00 bits per heavy atom. The Morgan fingerprint density at radius 3 is 2.32 bits per heavy atom. The minimum absolute atomic E-state index is 0.103. The van der Waals surface area contributed by atoms with Gasteiger partial charge < -0.3 is 5.32 Å². The third kappa shape index (κ3) is 4.52. The Kier molecular flexibility index (Phi) is 5.70. The van der Waals surface area contributed by atoms with Crippen LogP contribution in [0.1, 0.15) is 28.9 Å². The number of nitrogens with zero attached hydrogens (tertiary/aromatic N) is 1. The monoisotopic (exact) mass is 399 g/mol. The zero-order chi connectivity index (χ0) is 20.1. The summed E-state index contributed by atoms with van der Waals surface area (Å²) in [6.07, 6.45) is 3.26. The van der Waals surface area contributed by atoms with Crippen LogP contribution in [0, 0.1) is 5.82 Å². The number of benzene rings is 2. The highest BCUT2D eigenvalue weighted by molar-refractivity contribution is 7.92. The summed E-state index contributed by atoms with van der Waals surface area (Å²) in [6, 6.07) is 14.0. The van der Waals surface area contributed by atoms with Crippen LogP contribution in [0.2, 0.25) is 0 Å². The van der Waals surface area contributed by atoms with Gasteiger partial charge in [-0.05, 0) is 61.0 Å². The van der Waals surface area contributed by atoms with Gasteiger partial charge in [0.15, 0.2) is 0 Å². The number of nitrogens with one attached hydrogen (secondary N) is 2. The third-order valence-corrected chi connectivity index (χ3v) is 5.48. The Labute approximate surface area is 162 Å². The first-order valence-electron chi connectivity index (χ1n) is 8.45. The number of halogens is 1. The quantitative estimate of drug-likeness (QED) is 0.664. The second kappa shape index (κ2) is 8.18. The molecule has 0 unspecified atom stereocenters. The molecule has 0 radical (unpaired) electrons. The van der Waals surface area contributed by atoms with E-state index >= 15 is 0 Å². The van der Waals surface area contributed by atoms with Crippen molar-refractivity contribution in [1.82, 2.24) is 10.3 Å². The lowest BCUT2D eigenvalue weighted by Gasteiger charge is -2.16. The van der Waals surface area contributed by atoms with Crippen molar-refractivity contribution in [2.75, 3.05) is 4.72 Å². The molecule has 1 amide bonds. The van der Waals surface area contributed by atoms with E-state index in [-0.39, 0.29) is 22.2 Å². The molecule has 0 aliphatic carbocycles. The van der Waals surface area contributed by atoms with Gasteiger partial charge in [0.25, 0.3) is 15.9 Å². The van der Waals surface area contributed by atoms with Gasteiger partial charge in [0.2, 0.25) is 0 Å². The Bertz CT molecular complexity index is 1070. The van der Waals surface area contributed by atoms with Crippen LogP contribution in [0.15, 0.2) is 78.0 Å². The zero-order valence-corrected chi connectivity index (χ0v) is 15.8. The largest absolute Gasteiger partial charge is 0.345 e. The maximum atomic E-state index is 13.1. The minimum atomic E-state index is -3.97. The van der Waals surface area contributed by atoms with Gasteiger partial charge >= 0.3 is 0 Å². The maximum Gasteiger partial charge on any atom is 0.261 e. The van der Waals surface area contributed by atoms with E-state index in [1.54, 1.807) is 36.7 Å². The highest BCUT2D eigenvalue weighted by Gasteiger charge is 2.20. The molecular formula is C20H18FN3O3S. The van der Waals surface area contributed by atoms with E-state index in [1.807, 2.05) is 6.92 Å². The first kappa shape index (κ1) is 19.5. The topological polar surface area (TPSA) is 88.2 Å². The van der Waals surface area contributed by atoms with Crippen molar-refractivity contribution in [3.05, 3.63) is 90.0 Å². The fraction of sp³-hybridized carbons (Fsp3) is 0.100. The zero-order valence-electron chi connectivity index (χ0n) is 15.0. The van der Waals surface area contributed by atoms with Crippen LogP contribution in [-0.4, -0.2) is 19.3 Å². The predicted octanol–water partition coefficient (Wildman–Crippen LogP) is 3.51. The fourth-order valence-corrected chi connectivity index (χ4v) is 3.68. The summed E-state index contributed by atoms with van der Waals surface area (Å²) in [5.74, 6) is -0.967. The summed E-state index contributed by atoms with van der Waals surface area (Å²) in [5, 5.41) is 2.83. The van der Waals surface area contributed by atoms with Gasteiger partial charge in [-0.2, -0.15) is 0 Å². The summed E-state index contributed by atoms with van der Waals surface area (Å²) in [5.41, 5.74) is 1.17. The normalized spacial score (nSPS) is 12.2. The van der Waals surface area contributed by atoms with E-state index < -0.39 is 21.7 Å². The second-order valence-corrected chi connectivity index (χ2v) is 7.76. The fourth-order valence-electron chi connectivity index (χ4n) is 2.60. The van der Waals surface area contributed by atoms with Crippen LogP contribution in [0.5, 0.6) is 0 Å². The predicted molar refractivity (Wildman–Crippen MR) is 104 cm³/mol. The van der Waals surface area contributed by atoms with Gasteiger partial charge in [-0.15, -0.1) is 0 Å². The SMILES string of the molecule is C[C@H](NC(=O)c1ccccc1NS(=O)(=O)c1ccc(F)cc1)c1ccncc1. The molecule has 0 saturated carbocycles. The molecule has 0 aliphatic rings. The number of carbonyl (C=O) groups excluding carboxylic acids is 1. The minimum Gasteiger partial charge on any atom is -0.345 e. The Balaban J connectivity index is 1.83. The Hall–Kier alpha value is -3.26. The number of hydrogen-bond donors (Lipinski definition) is 2. The van der Waals surface area contributed by atoms with Gasteiger partial charge in [0, 0.05) is 12.4 Å². The van der Waals surface area contributed by atoms with E-state index in [0.717, 1.165) is 29.8 Å². The van der Waals surface area contributed by atoms with E-state index in [0.29, 0.717) is 0 Å². The summed E-state index contributed by atoms with van der Waals surface area (Å²) < 4.78 is 40.6. The van der Waals surface area contributed by atoms with E-state index in [4.69, 9.17) is 0 Å². The van der Waals surface area contributed by atoms with Crippen LogP contribution >= 0.6 is 0 Å². The van der Waals surface area contributed by atoms with E-state index in [2.05, 4.69) is 15.0 Å². The first-order valence-corrected chi connectivity index (χ1v) is 9.93. The second-order valence-electron chi connectivity index (χ2n) is 6.08. The molecule has 0 fully saturated rings. The van der Waals surface area contributed by atoms with Crippen molar-refractivity contribution >= 4 is 21.6 Å². The molecule has 0 aliphatic heterocycles. The lowest BCUT2D eigenvalue weighted by atomic mass is 10.1. The first-order chi connectivity index (χ1) is 13.4. The molecule has 0 spiro atoms. The van der Waals surface area contributed by atoms with Crippen molar-refractivity contribution in [3.63, 3.8) is 0 Å². The van der Waals surface area contributed by atoms with E-state index in [1.165, 1.54) is 12.1 Å². The van der Waals surface area contributed by atoms with Gasteiger partial charge in [-0.25, -0.2) is 12.8 Å². The van der Waals surface area contributed by atoms with Crippen LogP contribution in [-0.2, 0) is 10.0 Å². The molecule has 1 atom stereocenters. The van der Waals surface area contributed by atoms with Crippen molar-refractivity contribution in [1.29, 1.82) is 0 Å². The number of pyridine rings is 1.